The number of Topliss-reactive ketones (excluding diaryl/α,β-unsaturated/α-hetero) is 1. The van der Waals surface area contributed by atoms with Crippen LogP contribution in [0.15, 0.2) is 84.9 Å². The lowest BCUT2D eigenvalue weighted by molar-refractivity contribution is -0.129. The van der Waals surface area contributed by atoms with Crippen LogP contribution in [-0.4, -0.2) is 29.2 Å². The Bertz CT molecular complexity index is 1070. The fourth-order valence-electron chi connectivity index (χ4n) is 3.94. The van der Waals surface area contributed by atoms with Crippen molar-refractivity contribution < 1.29 is 14.4 Å². The third-order valence-corrected chi connectivity index (χ3v) is 5.72. The Morgan fingerprint density at radius 3 is 1.84 bits per heavy atom. The molecule has 0 spiro atoms. The predicted octanol–water partition coefficient (Wildman–Crippen LogP) is 4.49. The normalized spacial score (nSPS) is 15.3. The number of amides is 3. The van der Waals surface area contributed by atoms with Crippen LogP contribution in [0.5, 0.6) is 0 Å². The van der Waals surface area contributed by atoms with E-state index in [9.17, 15) is 14.4 Å². The van der Waals surface area contributed by atoms with Crippen LogP contribution < -0.4 is 5.32 Å². The molecule has 1 heterocycles. The highest BCUT2D eigenvalue weighted by atomic mass is 16.2. The third kappa shape index (κ3) is 3.63. The Morgan fingerprint density at radius 2 is 1.35 bits per heavy atom. The van der Waals surface area contributed by atoms with Crippen molar-refractivity contribution in [3.05, 3.63) is 107 Å². The number of imide groups is 1. The first-order valence-electron chi connectivity index (χ1n) is 10.3. The lowest BCUT2D eigenvalue weighted by Crippen LogP contribution is -2.45. The van der Waals surface area contributed by atoms with E-state index in [1.165, 1.54) is 0 Å². The third-order valence-electron chi connectivity index (χ3n) is 5.72. The minimum absolute atomic E-state index is 0.282. The Labute approximate surface area is 181 Å². The smallest absolute Gasteiger partial charge is 0.315 e. The quantitative estimate of drug-likeness (QED) is 0.479. The minimum atomic E-state index is -1.36. The molecule has 5 nitrogen and oxygen atoms in total. The van der Waals surface area contributed by atoms with Gasteiger partial charge in [-0.25, -0.2) is 4.79 Å². The van der Waals surface area contributed by atoms with E-state index in [2.05, 4.69) is 19.2 Å². The molecule has 31 heavy (non-hydrogen) atoms. The predicted molar refractivity (Wildman–Crippen MR) is 119 cm³/mol. The van der Waals surface area contributed by atoms with Gasteiger partial charge in [0.25, 0.3) is 5.91 Å². The molecule has 0 saturated carbocycles. The average molecular weight is 412 g/mol. The van der Waals surface area contributed by atoms with Gasteiger partial charge in [-0.3, -0.25) is 14.5 Å². The molecule has 0 unspecified atom stereocenters. The van der Waals surface area contributed by atoms with Crippen LogP contribution in [0.25, 0.3) is 0 Å². The first-order chi connectivity index (χ1) is 14.9. The van der Waals surface area contributed by atoms with Gasteiger partial charge in [0.05, 0.1) is 6.54 Å². The highest BCUT2D eigenvalue weighted by molar-refractivity contribution is 6.13. The van der Waals surface area contributed by atoms with Crippen molar-refractivity contribution >= 4 is 17.7 Å². The van der Waals surface area contributed by atoms with Gasteiger partial charge in [-0.15, -0.1) is 0 Å². The molecule has 3 amide bonds. The summed E-state index contributed by atoms with van der Waals surface area (Å²) in [6.45, 7) is 3.85. The zero-order valence-electron chi connectivity index (χ0n) is 17.5. The Balaban J connectivity index is 1.67. The molecule has 0 radical (unpaired) electrons. The zero-order chi connectivity index (χ0) is 22.0. The zero-order valence-corrected chi connectivity index (χ0v) is 17.5. The van der Waals surface area contributed by atoms with E-state index in [0.29, 0.717) is 22.6 Å². The van der Waals surface area contributed by atoms with Crippen molar-refractivity contribution in [2.75, 3.05) is 6.54 Å². The molecule has 0 atom stereocenters. The first-order valence-corrected chi connectivity index (χ1v) is 10.3. The van der Waals surface area contributed by atoms with E-state index < -0.39 is 17.5 Å². The summed E-state index contributed by atoms with van der Waals surface area (Å²) in [5.41, 5.74) is 1.54. The molecule has 156 valence electrons. The van der Waals surface area contributed by atoms with Crippen LogP contribution in [0.3, 0.4) is 0 Å². The number of hydrogen-bond donors (Lipinski definition) is 1. The van der Waals surface area contributed by atoms with Gasteiger partial charge in [0.2, 0.25) is 0 Å². The van der Waals surface area contributed by atoms with E-state index in [0.717, 1.165) is 10.5 Å². The number of rotatable bonds is 6. The molecule has 0 bridgehead atoms. The first kappa shape index (κ1) is 20.5. The second-order valence-corrected chi connectivity index (χ2v) is 8.00. The fraction of sp³-hybridized carbons (Fsp3) is 0.192. The van der Waals surface area contributed by atoms with Crippen LogP contribution in [0.1, 0.15) is 46.8 Å². The van der Waals surface area contributed by atoms with E-state index in [1.807, 2.05) is 48.5 Å². The summed E-state index contributed by atoms with van der Waals surface area (Å²) in [5, 5.41) is 2.87. The summed E-state index contributed by atoms with van der Waals surface area (Å²) >= 11 is 0. The molecule has 4 rings (SSSR count). The van der Waals surface area contributed by atoms with Crippen LogP contribution >= 0.6 is 0 Å². The highest BCUT2D eigenvalue weighted by Gasteiger charge is 2.53. The topological polar surface area (TPSA) is 66.5 Å². The van der Waals surface area contributed by atoms with Crippen molar-refractivity contribution in [3.8, 4) is 0 Å². The van der Waals surface area contributed by atoms with Gasteiger partial charge in [-0.2, -0.15) is 0 Å². The molecule has 1 aliphatic heterocycles. The standard InChI is InChI=1S/C26H24N2O3/c1-18(2)19-13-15-20(16-14-19)23(29)17-28-24(30)26(27-25(28)31,21-9-5-3-6-10-21)22-11-7-4-8-12-22/h3-16,18H,17H2,1-2H3,(H,27,31). The minimum Gasteiger partial charge on any atom is -0.315 e. The molecule has 0 aliphatic carbocycles. The monoisotopic (exact) mass is 412 g/mol. The van der Waals surface area contributed by atoms with Gasteiger partial charge in [0.15, 0.2) is 11.3 Å². The van der Waals surface area contributed by atoms with Crippen LogP contribution in [0.2, 0.25) is 0 Å². The molecule has 1 fully saturated rings. The van der Waals surface area contributed by atoms with Crippen molar-refractivity contribution in [3.63, 3.8) is 0 Å². The van der Waals surface area contributed by atoms with Crippen molar-refractivity contribution in [2.45, 2.75) is 25.3 Å². The maximum Gasteiger partial charge on any atom is 0.325 e. The average Bonchev–Trinajstić information content (AvgIpc) is 3.06. The van der Waals surface area contributed by atoms with Gasteiger partial charge >= 0.3 is 6.03 Å². The van der Waals surface area contributed by atoms with Crippen molar-refractivity contribution in [2.24, 2.45) is 0 Å². The molecule has 1 N–H and O–H groups in total. The van der Waals surface area contributed by atoms with Crippen LogP contribution in [-0.2, 0) is 10.3 Å². The second-order valence-electron chi connectivity index (χ2n) is 8.00. The Kier molecular flexibility index (Phi) is 5.42. The molecule has 1 aliphatic rings. The summed E-state index contributed by atoms with van der Waals surface area (Å²) in [7, 11) is 0. The molecule has 0 aromatic heterocycles. The highest BCUT2D eigenvalue weighted by Crippen LogP contribution is 2.36. The second kappa shape index (κ2) is 8.19. The molecular weight excluding hydrogens is 388 g/mol. The van der Waals surface area contributed by atoms with Crippen molar-refractivity contribution in [1.82, 2.24) is 10.2 Å². The van der Waals surface area contributed by atoms with Gasteiger partial charge in [0.1, 0.15) is 0 Å². The lowest BCUT2D eigenvalue weighted by atomic mass is 9.82. The van der Waals surface area contributed by atoms with Gasteiger partial charge in [-0.1, -0.05) is 98.8 Å². The molecule has 3 aromatic rings. The summed E-state index contributed by atoms with van der Waals surface area (Å²) in [6, 6.07) is 25.0. The Morgan fingerprint density at radius 1 is 0.839 bits per heavy atom. The van der Waals surface area contributed by atoms with Gasteiger partial charge in [0, 0.05) is 5.56 Å². The number of ketones is 1. The molecule has 3 aromatic carbocycles. The largest absolute Gasteiger partial charge is 0.325 e. The van der Waals surface area contributed by atoms with Gasteiger partial charge < -0.3 is 5.32 Å². The molecule has 1 saturated heterocycles. The van der Waals surface area contributed by atoms with Crippen LogP contribution in [0, 0.1) is 0 Å². The maximum absolute atomic E-state index is 13.6. The number of nitrogens with zero attached hydrogens (tertiary/aromatic N) is 1. The van der Waals surface area contributed by atoms with E-state index in [1.54, 1.807) is 36.4 Å². The maximum atomic E-state index is 13.6. The Hall–Kier alpha value is -3.73. The number of benzene rings is 3. The van der Waals surface area contributed by atoms with E-state index in [4.69, 9.17) is 0 Å². The SMILES string of the molecule is CC(C)c1ccc(C(=O)CN2C(=O)NC(c3ccccc3)(c3ccccc3)C2=O)cc1. The number of nitrogens with one attached hydrogen (secondary N) is 1. The number of carbonyl (C=O) groups excluding carboxylic acids is 3. The number of hydrogen-bond acceptors (Lipinski definition) is 3. The fourth-order valence-corrected chi connectivity index (χ4v) is 3.94. The summed E-state index contributed by atoms with van der Waals surface area (Å²) in [6.07, 6.45) is 0. The van der Waals surface area contributed by atoms with Crippen molar-refractivity contribution in [1.29, 1.82) is 0 Å². The number of urea groups is 1. The van der Waals surface area contributed by atoms with E-state index >= 15 is 0 Å². The summed E-state index contributed by atoms with van der Waals surface area (Å²) in [4.78, 5) is 40.4. The lowest BCUT2D eigenvalue weighted by Gasteiger charge is -2.28. The van der Waals surface area contributed by atoms with Gasteiger partial charge in [-0.05, 0) is 22.6 Å². The summed E-state index contributed by atoms with van der Waals surface area (Å²) < 4.78 is 0. The van der Waals surface area contributed by atoms with Crippen LogP contribution in [0.4, 0.5) is 4.79 Å². The molecule has 5 heteroatoms. The number of carbonyl (C=O) groups is 3. The summed E-state index contributed by atoms with van der Waals surface area (Å²) in [5.74, 6) is -0.384. The molecular formula is C26H24N2O3. The van der Waals surface area contributed by atoms with E-state index in [-0.39, 0.29) is 12.3 Å².